The van der Waals surface area contributed by atoms with Crippen molar-refractivity contribution in [3.63, 3.8) is 0 Å². The third kappa shape index (κ3) is 4.39. The fourth-order valence-electron chi connectivity index (χ4n) is 0. The van der Waals surface area contributed by atoms with Gasteiger partial charge in [0.2, 0.25) is 0 Å². The van der Waals surface area contributed by atoms with Gasteiger partial charge >= 0.3 is 3.92 Å². The number of hydrogen-bond donors (Lipinski definition) is 0. The van der Waals surface area contributed by atoms with E-state index in [0.717, 1.165) is 0 Å². The molecule has 2 N–H and O–H groups in total. The molecule has 0 atom stereocenters. The molecular weight excluding hydrogens is 180 g/mol. The lowest BCUT2D eigenvalue weighted by atomic mass is 11.4. The Bertz CT molecular complexity index is 87.0. The van der Waals surface area contributed by atoms with Crippen LogP contribution in [0.3, 0.4) is 0 Å². The summed E-state index contributed by atoms with van der Waals surface area (Å²) in [4.78, 5) is 8.41. The molecule has 0 fully saturated rings. The fraction of sp³-hybridized carbons (Fsp3) is 1.00. The zero-order chi connectivity index (χ0) is 6.08. The maximum Gasteiger partial charge on any atom is 0.449 e. The maximum absolute atomic E-state index is 9.43. The predicted molar refractivity (Wildman–Crippen MR) is 30.9 cm³/mol. The van der Waals surface area contributed by atoms with Crippen LogP contribution in [0, 0.1) is 10.1 Å². The van der Waals surface area contributed by atoms with Crippen molar-refractivity contribution in [1.82, 2.24) is 0 Å². The molecule has 0 radical (unpaired) electrons. The molecule has 0 aliphatic heterocycles. The quantitative estimate of drug-likeness (QED) is 0.240. The summed E-state index contributed by atoms with van der Waals surface area (Å²) in [5, 5.41) is 9.43. The largest absolute Gasteiger partial charge is 0.449 e. The monoisotopic (exact) mass is 181 g/mol. The minimum absolute atomic E-state index is 0. The molecule has 7 heteroatoms. The molecule has 0 amide bonds. The number of alkyl halides is 3. The van der Waals surface area contributed by atoms with Crippen molar-refractivity contribution in [1.29, 1.82) is 0 Å². The summed E-state index contributed by atoms with van der Waals surface area (Å²) in [6.45, 7) is 0. The first-order valence-electron chi connectivity index (χ1n) is 1.16. The Labute approximate surface area is 59.8 Å². The van der Waals surface area contributed by atoms with Crippen LogP contribution < -0.4 is 0 Å². The maximum atomic E-state index is 9.43. The van der Waals surface area contributed by atoms with Crippen molar-refractivity contribution in [3.05, 3.63) is 10.1 Å². The van der Waals surface area contributed by atoms with Gasteiger partial charge in [-0.05, 0) is 34.8 Å². The second-order valence-corrected chi connectivity index (χ2v) is 2.95. The van der Waals surface area contributed by atoms with Gasteiger partial charge in [0.25, 0.3) is 0 Å². The summed E-state index contributed by atoms with van der Waals surface area (Å²) in [7, 11) is 0. The minimum Gasteiger partial charge on any atom is -0.412 e. The standard InChI is InChI=1S/CCl3NO2.H2O/c2-1(3,4)5(6)7;/h;1H2. The highest BCUT2D eigenvalue weighted by Crippen LogP contribution is 2.25. The molecular formula is CH2Cl3NO3. The second-order valence-electron chi connectivity index (χ2n) is 0.725. The number of halogens is 3. The number of nitro groups is 1. The molecule has 0 aromatic rings. The van der Waals surface area contributed by atoms with Crippen LogP contribution in [0.5, 0.6) is 0 Å². The molecule has 50 valence electrons. The Morgan fingerprint density at radius 3 is 1.50 bits per heavy atom. The lowest BCUT2D eigenvalue weighted by molar-refractivity contribution is -0.491. The summed E-state index contributed by atoms with van der Waals surface area (Å²) in [6.07, 6.45) is 0. The van der Waals surface area contributed by atoms with Crippen LogP contribution in [0.1, 0.15) is 0 Å². The van der Waals surface area contributed by atoms with E-state index in [2.05, 4.69) is 0 Å². The van der Waals surface area contributed by atoms with Gasteiger partial charge in [-0.25, -0.2) is 0 Å². The van der Waals surface area contributed by atoms with Gasteiger partial charge in [0.05, 0.1) is 4.92 Å². The third-order valence-corrected chi connectivity index (χ3v) is 0.621. The Balaban J connectivity index is 0. The first-order chi connectivity index (χ1) is 2.94. The smallest absolute Gasteiger partial charge is 0.412 e. The molecule has 0 spiro atoms. The van der Waals surface area contributed by atoms with E-state index < -0.39 is 8.84 Å². The van der Waals surface area contributed by atoms with Gasteiger partial charge in [-0.2, -0.15) is 0 Å². The Morgan fingerprint density at radius 1 is 1.38 bits per heavy atom. The summed E-state index contributed by atoms with van der Waals surface area (Å²) in [6, 6.07) is 0. The zero-order valence-electron chi connectivity index (χ0n) is 3.40. The fourth-order valence-corrected chi connectivity index (χ4v) is 0. The second kappa shape index (κ2) is 3.29. The number of hydrogen-bond acceptors (Lipinski definition) is 2. The first-order valence-corrected chi connectivity index (χ1v) is 2.29. The highest BCUT2D eigenvalue weighted by Gasteiger charge is 2.33. The van der Waals surface area contributed by atoms with Gasteiger partial charge in [0.1, 0.15) is 0 Å². The van der Waals surface area contributed by atoms with E-state index in [-0.39, 0.29) is 5.48 Å². The van der Waals surface area contributed by atoms with E-state index >= 15 is 0 Å². The van der Waals surface area contributed by atoms with E-state index in [9.17, 15) is 10.1 Å². The molecule has 0 aromatic heterocycles. The first kappa shape index (κ1) is 11.1. The van der Waals surface area contributed by atoms with E-state index in [0.29, 0.717) is 0 Å². The predicted octanol–water partition coefficient (Wildman–Crippen LogP) is 0.766. The zero-order valence-corrected chi connectivity index (χ0v) is 5.67. The van der Waals surface area contributed by atoms with E-state index in [1.54, 1.807) is 0 Å². The van der Waals surface area contributed by atoms with E-state index in [1.165, 1.54) is 0 Å². The molecule has 8 heavy (non-hydrogen) atoms. The average molecular weight is 182 g/mol. The molecule has 0 saturated carbocycles. The highest BCUT2D eigenvalue weighted by molar-refractivity contribution is 6.65. The molecule has 0 saturated heterocycles. The molecule has 0 unspecified atom stereocenters. The van der Waals surface area contributed by atoms with Crippen molar-refractivity contribution >= 4 is 34.8 Å². The highest BCUT2D eigenvalue weighted by atomic mass is 35.6. The molecule has 0 heterocycles. The third-order valence-electron chi connectivity index (χ3n) is 0.207. The van der Waals surface area contributed by atoms with Crippen LogP contribution in [0.15, 0.2) is 0 Å². The van der Waals surface area contributed by atoms with Crippen LogP contribution in [-0.4, -0.2) is 14.3 Å². The van der Waals surface area contributed by atoms with E-state index in [4.69, 9.17) is 34.8 Å². The van der Waals surface area contributed by atoms with Gasteiger partial charge in [-0.15, -0.1) is 0 Å². The lowest BCUT2D eigenvalue weighted by Gasteiger charge is -1.96. The molecule has 4 nitrogen and oxygen atoms in total. The Kier molecular flexibility index (Phi) is 4.56. The minimum atomic E-state index is -2.36. The van der Waals surface area contributed by atoms with Crippen molar-refractivity contribution in [2.45, 2.75) is 3.92 Å². The SMILES string of the molecule is O.O=[N+]([O-])C(Cl)(Cl)Cl. The summed E-state index contributed by atoms with van der Waals surface area (Å²) < 4.78 is -2.36. The summed E-state index contributed by atoms with van der Waals surface area (Å²) in [5.74, 6) is 0. The van der Waals surface area contributed by atoms with Crippen molar-refractivity contribution in [2.75, 3.05) is 0 Å². The van der Waals surface area contributed by atoms with Gasteiger partial charge < -0.3 is 5.48 Å². The van der Waals surface area contributed by atoms with Gasteiger partial charge in [-0.1, -0.05) is 0 Å². The molecule has 0 aliphatic rings. The van der Waals surface area contributed by atoms with Crippen molar-refractivity contribution in [3.8, 4) is 0 Å². The van der Waals surface area contributed by atoms with Crippen LogP contribution >= 0.6 is 34.8 Å². The van der Waals surface area contributed by atoms with Crippen LogP contribution in [0.25, 0.3) is 0 Å². The van der Waals surface area contributed by atoms with Crippen molar-refractivity contribution in [2.24, 2.45) is 0 Å². The van der Waals surface area contributed by atoms with E-state index in [1.807, 2.05) is 0 Å². The topological polar surface area (TPSA) is 74.6 Å². The lowest BCUT2D eigenvalue weighted by Crippen LogP contribution is -2.15. The van der Waals surface area contributed by atoms with Gasteiger partial charge in [0, 0.05) is 0 Å². The van der Waals surface area contributed by atoms with Crippen LogP contribution in [0.4, 0.5) is 0 Å². The van der Waals surface area contributed by atoms with Crippen LogP contribution in [-0.2, 0) is 0 Å². The normalized spacial score (nSPS) is 9.88. The van der Waals surface area contributed by atoms with Crippen LogP contribution in [0.2, 0.25) is 0 Å². The number of nitrogens with zero attached hydrogens (tertiary/aromatic N) is 1. The average Bonchev–Trinajstić information content (AvgIpc) is 1.31. The summed E-state index contributed by atoms with van der Waals surface area (Å²) >= 11 is 14.1. The van der Waals surface area contributed by atoms with Gasteiger partial charge in [-0.3, -0.25) is 10.1 Å². The molecule has 0 bridgehead atoms. The van der Waals surface area contributed by atoms with Crippen molar-refractivity contribution < 1.29 is 10.4 Å². The molecule has 0 rings (SSSR count). The Morgan fingerprint density at radius 2 is 1.50 bits per heavy atom. The molecule has 0 aliphatic carbocycles. The Hall–Kier alpha value is 0.230. The molecule has 0 aromatic carbocycles. The summed E-state index contributed by atoms with van der Waals surface area (Å²) in [5.41, 5.74) is 0. The number of rotatable bonds is 0. The van der Waals surface area contributed by atoms with Gasteiger partial charge in [0.15, 0.2) is 0 Å².